The minimum atomic E-state index is -3.09. The summed E-state index contributed by atoms with van der Waals surface area (Å²) in [5.74, 6) is -0.245. The van der Waals surface area contributed by atoms with Crippen LogP contribution in [0.25, 0.3) is 0 Å². The molecule has 1 aliphatic heterocycles. The summed E-state index contributed by atoms with van der Waals surface area (Å²) in [6, 6.07) is 7.75. The maximum atomic E-state index is 12.0. The second-order valence-electron chi connectivity index (χ2n) is 6.19. The van der Waals surface area contributed by atoms with Gasteiger partial charge in [0.15, 0.2) is 9.84 Å². The first-order chi connectivity index (χ1) is 10.4. The Morgan fingerprint density at radius 2 is 1.95 bits per heavy atom. The van der Waals surface area contributed by atoms with Gasteiger partial charge in [0.2, 0.25) is 5.91 Å². The lowest BCUT2D eigenvalue weighted by Crippen LogP contribution is -2.33. The van der Waals surface area contributed by atoms with Crippen molar-refractivity contribution < 1.29 is 13.2 Å². The second-order valence-corrected chi connectivity index (χ2v) is 8.55. The molecule has 0 radical (unpaired) electrons. The van der Waals surface area contributed by atoms with Crippen molar-refractivity contribution in [3.8, 4) is 0 Å². The van der Waals surface area contributed by atoms with E-state index in [-0.39, 0.29) is 29.4 Å². The predicted molar refractivity (Wildman–Crippen MR) is 86.4 cm³/mol. The molecule has 3 rings (SSSR count). The Kier molecular flexibility index (Phi) is 4.03. The van der Waals surface area contributed by atoms with Gasteiger partial charge in [-0.15, -0.1) is 0 Å². The molecule has 4 nitrogen and oxygen atoms in total. The summed E-state index contributed by atoms with van der Waals surface area (Å²) in [5, 5.41) is 4.87. The summed E-state index contributed by atoms with van der Waals surface area (Å²) < 4.78 is 22.7. The molecule has 118 valence electrons. The van der Waals surface area contributed by atoms with E-state index in [4.69, 9.17) is 11.6 Å². The summed E-state index contributed by atoms with van der Waals surface area (Å²) >= 11 is 5.90. The predicted octanol–water partition coefficient (Wildman–Crippen LogP) is 2.44. The number of amides is 1. The molecule has 1 fully saturated rings. The van der Waals surface area contributed by atoms with Gasteiger partial charge in [-0.3, -0.25) is 4.79 Å². The maximum absolute atomic E-state index is 12.0. The van der Waals surface area contributed by atoms with E-state index in [1.807, 2.05) is 24.3 Å². The van der Waals surface area contributed by atoms with Gasteiger partial charge in [-0.2, -0.15) is 0 Å². The molecule has 2 aliphatic rings. The van der Waals surface area contributed by atoms with Gasteiger partial charge in [0.25, 0.3) is 0 Å². The van der Waals surface area contributed by atoms with Crippen LogP contribution in [0, 0.1) is 5.92 Å². The van der Waals surface area contributed by atoms with E-state index in [1.165, 1.54) is 11.0 Å². The summed E-state index contributed by atoms with van der Waals surface area (Å²) in [5.41, 5.74) is 1.22. The van der Waals surface area contributed by atoms with Crippen molar-refractivity contribution >= 4 is 27.3 Å². The van der Waals surface area contributed by atoms with Gasteiger partial charge in [-0.1, -0.05) is 29.8 Å². The number of carbonyl (C=O) groups excluding carboxylic acids is 1. The third-order valence-electron chi connectivity index (χ3n) is 4.39. The average Bonchev–Trinajstić information content (AvgIpc) is 3.17. The Balaban J connectivity index is 1.53. The molecule has 0 saturated heterocycles. The molecule has 1 aliphatic carbocycles. The lowest BCUT2D eigenvalue weighted by molar-refractivity contribution is -0.121. The van der Waals surface area contributed by atoms with Gasteiger partial charge in [0.05, 0.1) is 5.75 Å². The first-order valence-corrected chi connectivity index (χ1v) is 9.42. The molecule has 1 aromatic carbocycles. The third kappa shape index (κ3) is 3.52. The molecule has 1 atom stereocenters. The number of allylic oxidation sites excluding steroid dienone is 1. The fourth-order valence-corrected chi connectivity index (χ4v) is 4.39. The van der Waals surface area contributed by atoms with Crippen LogP contribution < -0.4 is 5.32 Å². The Bertz CT molecular complexity index is 705. The quantitative estimate of drug-likeness (QED) is 0.896. The molecule has 0 aromatic heterocycles. The van der Waals surface area contributed by atoms with E-state index in [9.17, 15) is 13.2 Å². The van der Waals surface area contributed by atoms with E-state index in [1.54, 1.807) is 6.08 Å². The topological polar surface area (TPSA) is 63.2 Å². The van der Waals surface area contributed by atoms with Gasteiger partial charge in [-0.05, 0) is 30.5 Å². The molecule has 1 heterocycles. The third-order valence-corrected chi connectivity index (χ3v) is 6.10. The Morgan fingerprint density at radius 3 is 2.50 bits per heavy atom. The SMILES string of the molecule is O=C(CC1C=CS(=O)(=O)C1)NCC1(c2ccc(Cl)cc2)CC1. The van der Waals surface area contributed by atoms with Crippen LogP contribution in [0.5, 0.6) is 0 Å². The molecular formula is C16H18ClNO3S. The molecule has 6 heteroatoms. The highest BCUT2D eigenvalue weighted by atomic mass is 35.5. The number of halogens is 1. The van der Waals surface area contributed by atoms with Crippen molar-refractivity contribution in [2.45, 2.75) is 24.7 Å². The highest BCUT2D eigenvalue weighted by Gasteiger charge is 2.44. The zero-order chi connectivity index (χ0) is 15.8. The van der Waals surface area contributed by atoms with Crippen molar-refractivity contribution in [3.05, 3.63) is 46.3 Å². The summed E-state index contributed by atoms with van der Waals surface area (Å²) in [6.45, 7) is 0.594. The Labute approximate surface area is 135 Å². The van der Waals surface area contributed by atoms with Gasteiger partial charge >= 0.3 is 0 Å². The molecule has 1 aromatic rings. The van der Waals surface area contributed by atoms with Crippen molar-refractivity contribution in [2.24, 2.45) is 5.92 Å². The molecule has 1 unspecified atom stereocenters. The zero-order valence-electron chi connectivity index (χ0n) is 12.1. The minimum Gasteiger partial charge on any atom is -0.355 e. The summed E-state index contributed by atoms with van der Waals surface area (Å²) in [6.07, 6.45) is 3.94. The van der Waals surface area contributed by atoms with Crippen LogP contribution in [0.2, 0.25) is 5.02 Å². The van der Waals surface area contributed by atoms with Crippen molar-refractivity contribution in [3.63, 3.8) is 0 Å². The lowest BCUT2D eigenvalue weighted by atomic mass is 9.96. The maximum Gasteiger partial charge on any atom is 0.220 e. The van der Waals surface area contributed by atoms with Crippen LogP contribution in [0.4, 0.5) is 0 Å². The van der Waals surface area contributed by atoms with E-state index in [2.05, 4.69) is 5.32 Å². The number of carbonyl (C=O) groups is 1. The number of hydrogen-bond acceptors (Lipinski definition) is 3. The van der Waals surface area contributed by atoms with E-state index >= 15 is 0 Å². The highest BCUT2D eigenvalue weighted by molar-refractivity contribution is 7.94. The van der Waals surface area contributed by atoms with Gasteiger partial charge in [-0.25, -0.2) is 8.42 Å². The first-order valence-electron chi connectivity index (χ1n) is 7.32. The lowest BCUT2D eigenvalue weighted by Gasteiger charge is -2.17. The van der Waals surface area contributed by atoms with Crippen molar-refractivity contribution in [1.29, 1.82) is 0 Å². The van der Waals surface area contributed by atoms with Crippen LogP contribution in [0.15, 0.2) is 35.7 Å². The van der Waals surface area contributed by atoms with Crippen LogP contribution in [0.1, 0.15) is 24.8 Å². The molecule has 1 saturated carbocycles. The highest BCUT2D eigenvalue weighted by Crippen LogP contribution is 2.47. The number of nitrogens with one attached hydrogen (secondary N) is 1. The normalized spacial score (nSPS) is 24.1. The van der Waals surface area contributed by atoms with Crippen LogP contribution >= 0.6 is 11.6 Å². The fraction of sp³-hybridized carbons (Fsp3) is 0.438. The average molecular weight is 340 g/mol. The molecule has 1 amide bonds. The Hall–Kier alpha value is -1.33. The van der Waals surface area contributed by atoms with Crippen LogP contribution in [0.3, 0.4) is 0 Å². The van der Waals surface area contributed by atoms with Gasteiger partial charge in [0.1, 0.15) is 0 Å². The molecule has 0 spiro atoms. The number of rotatable bonds is 5. The van der Waals surface area contributed by atoms with E-state index in [0.29, 0.717) is 11.6 Å². The summed E-state index contributed by atoms with van der Waals surface area (Å²) in [7, 11) is -3.09. The van der Waals surface area contributed by atoms with Crippen LogP contribution in [-0.4, -0.2) is 26.6 Å². The monoisotopic (exact) mass is 339 g/mol. The minimum absolute atomic E-state index is 0.0256. The zero-order valence-corrected chi connectivity index (χ0v) is 13.7. The molecule has 0 bridgehead atoms. The van der Waals surface area contributed by atoms with Gasteiger partial charge < -0.3 is 5.32 Å². The first kappa shape index (κ1) is 15.6. The fourth-order valence-electron chi connectivity index (χ4n) is 2.87. The standard InChI is InChI=1S/C16H18ClNO3S/c17-14-3-1-13(2-4-14)16(6-7-16)11-18-15(19)9-12-5-8-22(20,21)10-12/h1-5,8,12H,6-7,9-11H2,(H,18,19). The molecular weight excluding hydrogens is 322 g/mol. The van der Waals surface area contributed by atoms with Crippen molar-refractivity contribution in [1.82, 2.24) is 5.32 Å². The van der Waals surface area contributed by atoms with E-state index in [0.717, 1.165) is 12.8 Å². The van der Waals surface area contributed by atoms with Crippen molar-refractivity contribution in [2.75, 3.05) is 12.3 Å². The van der Waals surface area contributed by atoms with Crippen LogP contribution in [-0.2, 0) is 20.0 Å². The number of hydrogen-bond donors (Lipinski definition) is 1. The molecule has 22 heavy (non-hydrogen) atoms. The smallest absolute Gasteiger partial charge is 0.220 e. The summed E-state index contributed by atoms with van der Waals surface area (Å²) in [4.78, 5) is 12.0. The number of benzene rings is 1. The van der Waals surface area contributed by atoms with E-state index < -0.39 is 9.84 Å². The second kappa shape index (κ2) is 5.70. The molecule has 1 N–H and O–H groups in total. The largest absolute Gasteiger partial charge is 0.355 e. The Morgan fingerprint density at radius 1 is 1.27 bits per heavy atom. The number of sulfone groups is 1. The van der Waals surface area contributed by atoms with Gasteiger partial charge in [0, 0.05) is 34.7 Å².